The molecule has 6 nitrogen and oxygen atoms in total. The highest BCUT2D eigenvalue weighted by atomic mass is 16.5. The summed E-state index contributed by atoms with van der Waals surface area (Å²) in [6, 6.07) is 27.0. The molecule has 0 aliphatic carbocycles. The number of methoxy groups -OCH3 is 1. The van der Waals surface area contributed by atoms with Gasteiger partial charge >= 0.3 is 5.97 Å². The van der Waals surface area contributed by atoms with Gasteiger partial charge in [-0.2, -0.15) is 0 Å². The number of rotatable bonds is 12. The van der Waals surface area contributed by atoms with Gasteiger partial charge in [-0.3, -0.25) is 4.79 Å². The first-order valence-corrected chi connectivity index (χ1v) is 10.9. The Morgan fingerprint density at radius 1 is 0.848 bits per heavy atom. The van der Waals surface area contributed by atoms with Crippen LogP contribution < -0.4 is 4.74 Å². The number of carbonyl (C=O) groups excluding carboxylic acids is 1. The van der Waals surface area contributed by atoms with Crippen LogP contribution in [0.3, 0.4) is 0 Å². The molecular formula is C27H29NO5. The predicted molar refractivity (Wildman–Crippen MR) is 126 cm³/mol. The van der Waals surface area contributed by atoms with E-state index >= 15 is 0 Å². The summed E-state index contributed by atoms with van der Waals surface area (Å²) in [5, 5.41) is 9.12. The van der Waals surface area contributed by atoms with Crippen LogP contribution in [0.4, 0.5) is 0 Å². The minimum atomic E-state index is -1.00. The molecule has 0 fully saturated rings. The average molecular weight is 448 g/mol. The third kappa shape index (κ3) is 7.77. The van der Waals surface area contributed by atoms with Crippen LogP contribution in [-0.4, -0.2) is 48.2 Å². The molecule has 0 aliphatic rings. The summed E-state index contributed by atoms with van der Waals surface area (Å²) >= 11 is 0. The molecule has 6 heteroatoms. The van der Waals surface area contributed by atoms with Gasteiger partial charge in [-0.15, -0.1) is 0 Å². The van der Waals surface area contributed by atoms with Gasteiger partial charge in [0.1, 0.15) is 5.75 Å². The molecule has 3 aromatic rings. The zero-order valence-corrected chi connectivity index (χ0v) is 18.7. The first-order valence-electron chi connectivity index (χ1n) is 10.9. The van der Waals surface area contributed by atoms with Gasteiger partial charge in [-0.25, -0.2) is 4.79 Å². The number of hydrogen-bond donors (Lipinski definition) is 1. The molecule has 0 aromatic heterocycles. The lowest BCUT2D eigenvalue weighted by Gasteiger charge is -2.23. The van der Waals surface area contributed by atoms with E-state index in [1.807, 2.05) is 53.4 Å². The maximum absolute atomic E-state index is 13.0. The van der Waals surface area contributed by atoms with E-state index < -0.39 is 12.1 Å². The molecule has 0 saturated carbocycles. The Morgan fingerprint density at radius 3 is 2.03 bits per heavy atom. The van der Waals surface area contributed by atoms with Crippen molar-refractivity contribution in [2.75, 3.05) is 20.3 Å². The van der Waals surface area contributed by atoms with Gasteiger partial charge in [0.15, 0.2) is 12.7 Å². The molecule has 0 aliphatic heterocycles. The van der Waals surface area contributed by atoms with Crippen LogP contribution in [0.15, 0.2) is 84.9 Å². The first kappa shape index (κ1) is 24.0. The standard InChI is InChI=1S/C27H29NO5/c1-32-25(27(30)31)18-22-12-14-24(15-13-22)33-20-26(29)28(19-23-10-6-3-7-11-23)17-16-21-8-4-2-5-9-21/h2-15,25H,16-20H2,1H3,(H,30,31). The van der Waals surface area contributed by atoms with Gasteiger partial charge in [-0.1, -0.05) is 72.8 Å². The maximum atomic E-state index is 13.0. The Kier molecular flexibility index (Phi) is 9.03. The van der Waals surface area contributed by atoms with Crippen molar-refractivity contribution in [1.82, 2.24) is 4.90 Å². The fourth-order valence-electron chi connectivity index (χ4n) is 3.45. The summed E-state index contributed by atoms with van der Waals surface area (Å²) in [4.78, 5) is 25.9. The van der Waals surface area contributed by atoms with E-state index in [-0.39, 0.29) is 18.9 Å². The number of amides is 1. The fraction of sp³-hybridized carbons (Fsp3) is 0.259. The maximum Gasteiger partial charge on any atom is 0.333 e. The monoisotopic (exact) mass is 447 g/mol. The predicted octanol–water partition coefficient (Wildman–Crippen LogP) is 3.98. The van der Waals surface area contributed by atoms with Gasteiger partial charge in [0.25, 0.3) is 5.91 Å². The molecule has 33 heavy (non-hydrogen) atoms. The fourth-order valence-corrected chi connectivity index (χ4v) is 3.45. The topological polar surface area (TPSA) is 76.1 Å². The first-order chi connectivity index (χ1) is 16.0. The van der Waals surface area contributed by atoms with Crippen molar-refractivity contribution in [2.45, 2.75) is 25.5 Å². The molecule has 0 saturated heterocycles. The van der Waals surface area contributed by atoms with Crippen LogP contribution in [0.5, 0.6) is 5.75 Å². The Labute approximate surface area is 194 Å². The van der Waals surface area contributed by atoms with Crippen molar-refractivity contribution >= 4 is 11.9 Å². The lowest BCUT2D eigenvalue weighted by atomic mass is 10.1. The Bertz CT molecular complexity index is 1010. The van der Waals surface area contributed by atoms with Gasteiger partial charge in [-0.05, 0) is 35.2 Å². The number of benzene rings is 3. The highest BCUT2D eigenvalue weighted by molar-refractivity contribution is 5.77. The van der Waals surface area contributed by atoms with Gasteiger partial charge in [0.05, 0.1) is 0 Å². The van der Waals surface area contributed by atoms with Crippen molar-refractivity contribution in [3.63, 3.8) is 0 Å². The van der Waals surface area contributed by atoms with Crippen molar-refractivity contribution in [1.29, 1.82) is 0 Å². The molecule has 1 amide bonds. The second-order valence-electron chi connectivity index (χ2n) is 7.74. The van der Waals surface area contributed by atoms with Crippen LogP contribution in [-0.2, 0) is 33.7 Å². The summed E-state index contributed by atoms with van der Waals surface area (Å²) in [5.74, 6) is -0.541. The average Bonchev–Trinajstić information content (AvgIpc) is 2.85. The third-order valence-corrected chi connectivity index (χ3v) is 5.35. The normalized spacial score (nSPS) is 11.5. The van der Waals surface area contributed by atoms with Crippen molar-refractivity contribution < 1.29 is 24.2 Å². The molecule has 0 spiro atoms. The molecule has 3 aromatic carbocycles. The molecule has 0 heterocycles. The molecular weight excluding hydrogens is 418 g/mol. The summed E-state index contributed by atoms with van der Waals surface area (Å²) < 4.78 is 10.7. The molecule has 1 atom stereocenters. The lowest BCUT2D eigenvalue weighted by molar-refractivity contribution is -0.148. The number of carboxylic acid groups (broad SMARTS) is 1. The third-order valence-electron chi connectivity index (χ3n) is 5.35. The van der Waals surface area contributed by atoms with Crippen LogP contribution in [0.25, 0.3) is 0 Å². The minimum Gasteiger partial charge on any atom is -0.484 e. The number of carboxylic acids is 1. The largest absolute Gasteiger partial charge is 0.484 e. The Balaban J connectivity index is 1.59. The SMILES string of the molecule is COC(Cc1ccc(OCC(=O)N(CCc2ccccc2)Cc2ccccc2)cc1)C(=O)O. The Morgan fingerprint density at radius 2 is 1.45 bits per heavy atom. The number of hydrogen-bond acceptors (Lipinski definition) is 4. The van der Waals surface area contributed by atoms with Crippen LogP contribution in [0, 0.1) is 0 Å². The molecule has 1 unspecified atom stereocenters. The van der Waals surface area contributed by atoms with Crippen molar-refractivity contribution in [3.8, 4) is 5.75 Å². The van der Waals surface area contributed by atoms with E-state index in [0.29, 0.717) is 18.8 Å². The zero-order chi connectivity index (χ0) is 23.5. The number of ether oxygens (including phenoxy) is 2. The van der Waals surface area contributed by atoms with Crippen molar-refractivity contribution in [3.05, 3.63) is 102 Å². The number of carbonyl (C=O) groups is 2. The highest BCUT2D eigenvalue weighted by Gasteiger charge is 2.17. The van der Waals surface area contributed by atoms with E-state index in [0.717, 1.165) is 17.5 Å². The van der Waals surface area contributed by atoms with Gasteiger partial charge in [0, 0.05) is 26.6 Å². The summed E-state index contributed by atoms with van der Waals surface area (Å²) in [7, 11) is 1.38. The zero-order valence-electron chi connectivity index (χ0n) is 18.7. The Hall–Kier alpha value is -3.64. The summed E-state index contributed by atoms with van der Waals surface area (Å²) in [6.45, 7) is 1.03. The molecule has 172 valence electrons. The van der Waals surface area contributed by atoms with E-state index in [1.54, 1.807) is 24.3 Å². The van der Waals surface area contributed by atoms with E-state index in [1.165, 1.54) is 12.7 Å². The summed E-state index contributed by atoms with van der Waals surface area (Å²) in [6.07, 6.45) is 0.128. The number of nitrogens with zero attached hydrogens (tertiary/aromatic N) is 1. The van der Waals surface area contributed by atoms with E-state index in [9.17, 15) is 9.59 Å². The van der Waals surface area contributed by atoms with Crippen molar-refractivity contribution in [2.24, 2.45) is 0 Å². The van der Waals surface area contributed by atoms with Gasteiger partial charge < -0.3 is 19.5 Å². The molecule has 0 radical (unpaired) electrons. The highest BCUT2D eigenvalue weighted by Crippen LogP contribution is 2.15. The smallest absolute Gasteiger partial charge is 0.333 e. The van der Waals surface area contributed by atoms with Crippen LogP contribution in [0.2, 0.25) is 0 Å². The van der Waals surface area contributed by atoms with Crippen LogP contribution in [0.1, 0.15) is 16.7 Å². The molecule has 3 rings (SSSR count). The lowest BCUT2D eigenvalue weighted by Crippen LogP contribution is -2.36. The molecule has 0 bridgehead atoms. The minimum absolute atomic E-state index is 0.0726. The molecule has 1 N–H and O–H groups in total. The summed E-state index contributed by atoms with van der Waals surface area (Å²) in [5.41, 5.74) is 3.06. The van der Waals surface area contributed by atoms with Gasteiger partial charge in [0.2, 0.25) is 0 Å². The van der Waals surface area contributed by atoms with E-state index in [2.05, 4.69) is 12.1 Å². The second-order valence-corrected chi connectivity index (χ2v) is 7.74. The van der Waals surface area contributed by atoms with E-state index in [4.69, 9.17) is 14.6 Å². The van der Waals surface area contributed by atoms with Crippen LogP contribution >= 0.6 is 0 Å². The quantitative estimate of drug-likeness (QED) is 0.455. The number of aliphatic carboxylic acids is 1. The second kappa shape index (κ2) is 12.4.